The summed E-state index contributed by atoms with van der Waals surface area (Å²) in [5.74, 6) is -3.99. The summed E-state index contributed by atoms with van der Waals surface area (Å²) >= 11 is 0. The fraction of sp³-hybridized carbons (Fsp3) is 0.0556. The van der Waals surface area contributed by atoms with Gasteiger partial charge in [-0.25, -0.2) is 18.6 Å². The molecule has 0 spiro atoms. The molecule has 0 aliphatic carbocycles. The lowest BCUT2D eigenvalue weighted by Gasteiger charge is -2.07. The molecule has 1 aromatic heterocycles. The Balaban J connectivity index is 1.83. The van der Waals surface area contributed by atoms with E-state index in [1.54, 1.807) is 30.3 Å². The molecule has 8 heteroatoms. The number of aliphatic hydroxyl groups excluding tert-OH is 1. The first-order valence-electron chi connectivity index (χ1n) is 7.39. The van der Waals surface area contributed by atoms with Gasteiger partial charge in [-0.15, -0.1) is 0 Å². The lowest BCUT2D eigenvalue weighted by molar-refractivity contribution is 0.0491. The molecule has 0 aliphatic heterocycles. The van der Waals surface area contributed by atoms with E-state index in [1.807, 2.05) is 0 Å². The first kappa shape index (κ1) is 17.1. The molecule has 2 aromatic carbocycles. The molecule has 0 radical (unpaired) electrons. The van der Waals surface area contributed by atoms with Gasteiger partial charge in [-0.05, 0) is 24.3 Å². The first-order valence-corrected chi connectivity index (χ1v) is 7.39. The summed E-state index contributed by atoms with van der Waals surface area (Å²) in [6, 6.07) is 11.7. The number of aromatic amines is 1. The molecule has 0 saturated carbocycles. The zero-order valence-electron chi connectivity index (χ0n) is 13.2. The van der Waals surface area contributed by atoms with Crippen LogP contribution in [0, 0.1) is 23.0 Å². The molecule has 0 atom stereocenters. The van der Waals surface area contributed by atoms with Crippen molar-refractivity contribution in [2.24, 2.45) is 0 Å². The average Bonchev–Trinajstić information content (AvgIpc) is 3.04. The summed E-state index contributed by atoms with van der Waals surface area (Å²) in [6.45, 7) is -0.744. The second-order valence-electron chi connectivity index (χ2n) is 5.21. The Hall–Kier alpha value is -3.73. The van der Waals surface area contributed by atoms with Gasteiger partial charge >= 0.3 is 5.97 Å². The van der Waals surface area contributed by atoms with E-state index in [2.05, 4.69) is 9.97 Å². The number of hydrogen-bond acceptors (Lipinski definition) is 5. The number of rotatable bonds is 4. The SMILES string of the molecule is N#C/C(=C(/O)COC(=O)c1c(F)cccc1F)c1nc2ccccc2[nH]1. The Labute approximate surface area is 146 Å². The van der Waals surface area contributed by atoms with Crippen LogP contribution in [0.2, 0.25) is 0 Å². The predicted molar refractivity (Wildman–Crippen MR) is 87.9 cm³/mol. The topological polar surface area (TPSA) is 99.0 Å². The van der Waals surface area contributed by atoms with Gasteiger partial charge in [0, 0.05) is 0 Å². The lowest BCUT2D eigenvalue weighted by Crippen LogP contribution is -2.12. The number of carbonyl (C=O) groups excluding carboxylic acids is 1. The third-order valence-electron chi connectivity index (χ3n) is 3.53. The largest absolute Gasteiger partial charge is 0.507 e. The van der Waals surface area contributed by atoms with E-state index in [1.165, 1.54) is 0 Å². The third kappa shape index (κ3) is 3.23. The Kier molecular flexibility index (Phi) is 4.62. The smallest absolute Gasteiger partial charge is 0.344 e. The van der Waals surface area contributed by atoms with Gasteiger partial charge in [0.2, 0.25) is 0 Å². The maximum Gasteiger partial charge on any atom is 0.344 e. The normalized spacial score (nSPS) is 11.7. The number of para-hydroxylation sites is 2. The van der Waals surface area contributed by atoms with Gasteiger partial charge in [-0.3, -0.25) is 0 Å². The summed E-state index contributed by atoms with van der Waals surface area (Å²) in [6.07, 6.45) is 0. The van der Waals surface area contributed by atoms with Gasteiger partial charge in [0.05, 0.1) is 11.0 Å². The van der Waals surface area contributed by atoms with Crippen molar-refractivity contribution in [3.63, 3.8) is 0 Å². The van der Waals surface area contributed by atoms with Crippen LogP contribution >= 0.6 is 0 Å². The van der Waals surface area contributed by atoms with E-state index >= 15 is 0 Å². The number of benzene rings is 2. The van der Waals surface area contributed by atoms with Crippen molar-refractivity contribution in [1.29, 1.82) is 5.26 Å². The number of nitrogens with one attached hydrogen (secondary N) is 1. The number of aliphatic hydroxyl groups is 1. The predicted octanol–water partition coefficient (Wildman–Crippen LogP) is 3.49. The number of imidazole rings is 1. The lowest BCUT2D eigenvalue weighted by atomic mass is 10.2. The van der Waals surface area contributed by atoms with Crippen LogP contribution in [0.5, 0.6) is 0 Å². The molecule has 3 aromatic rings. The fourth-order valence-corrected chi connectivity index (χ4v) is 2.30. The molecular formula is C18H11F2N3O3. The van der Waals surface area contributed by atoms with Gasteiger partial charge in [0.1, 0.15) is 35.4 Å². The molecule has 0 amide bonds. The second-order valence-corrected chi connectivity index (χ2v) is 5.21. The number of fused-ring (bicyclic) bond motifs is 1. The van der Waals surface area contributed by atoms with Crippen LogP contribution in [0.4, 0.5) is 8.78 Å². The molecule has 0 aliphatic rings. The molecule has 26 heavy (non-hydrogen) atoms. The van der Waals surface area contributed by atoms with Crippen LogP contribution in [0.25, 0.3) is 16.6 Å². The van der Waals surface area contributed by atoms with Gasteiger partial charge in [-0.1, -0.05) is 18.2 Å². The molecule has 6 nitrogen and oxygen atoms in total. The van der Waals surface area contributed by atoms with E-state index in [0.717, 1.165) is 18.2 Å². The minimum Gasteiger partial charge on any atom is -0.507 e. The average molecular weight is 355 g/mol. The Morgan fingerprint density at radius 3 is 2.54 bits per heavy atom. The molecule has 0 unspecified atom stereocenters. The maximum atomic E-state index is 13.6. The van der Waals surface area contributed by atoms with Crippen molar-refractivity contribution in [3.8, 4) is 6.07 Å². The molecule has 1 heterocycles. The van der Waals surface area contributed by atoms with Crippen molar-refractivity contribution < 1.29 is 23.4 Å². The van der Waals surface area contributed by atoms with Gasteiger partial charge in [0.25, 0.3) is 0 Å². The number of carbonyl (C=O) groups is 1. The zero-order chi connectivity index (χ0) is 18.7. The van der Waals surface area contributed by atoms with Crippen LogP contribution in [0.15, 0.2) is 48.2 Å². The van der Waals surface area contributed by atoms with Crippen molar-refractivity contribution in [1.82, 2.24) is 9.97 Å². The third-order valence-corrected chi connectivity index (χ3v) is 3.53. The highest BCUT2D eigenvalue weighted by Crippen LogP contribution is 2.19. The van der Waals surface area contributed by atoms with E-state index < -0.39 is 35.5 Å². The molecular weight excluding hydrogens is 344 g/mol. The number of nitriles is 1. The quantitative estimate of drug-likeness (QED) is 0.424. The highest BCUT2D eigenvalue weighted by molar-refractivity contribution is 5.90. The molecule has 0 fully saturated rings. The second kappa shape index (κ2) is 7.03. The summed E-state index contributed by atoms with van der Waals surface area (Å²) in [4.78, 5) is 18.9. The number of aromatic nitrogens is 2. The minimum absolute atomic E-state index is 0.0827. The van der Waals surface area contributed by atoms with Crippen LogP contribution in [0.1, 0.15) is 16.2 Å². The fourth-order valence-electron chi connectivity index (χ4n) is 2.30. The van der Waals surface area contributed by atoms with Crippen molar-refractivity contribution >= 4 is 22.6 Å². The maximum absolute atomic E-state index is 13.6. The summed E-state index contributed by atoms with van der Waals surface area (Å²) in [5, 5.41) is 19.3. The molecule has 130 valence electrons. The van der Waals surface area contributed by atoms with Gasteiger partial charge < -0.3 is 14.8 Å². The summed E-state index contributed by atoms with van der Waals surface area (Å²) in [5.41, 5.74) is 0.104. The van der Waals surface area contributed by atoms with Crippen LogP contribution < -0.4 is 0 Å². The first-order chi connectivity index (χ1) is 12.5. The molecule has 0 bridgehead atoms. The molecule has 3 rings (SSSR count). The number of nitrogens with zero attached hydrogens (tertiary/aromatic N) is 2. The highest BCUT2D eigenvalue weighted by Gasteiger charge is 2.20. The van der Waals surface area contributed by atoms with Crippen LogP contribution in [-0.2, 0) is 4.74 Å². The number of allylic oxidation sites excluding steroid dienone is 1. The Bertz CT molecular complexity index is 1010. The highest BCUT2D eigenvalue weighted by atomic mass is 19.1. The van der Waals surface area contributed by atoms with E-state index in [0.29, 0.717) is 11.0 Å². The van der Waals surface area contributed by atoms with Crippen LogP contribution in [0.3, 0.4) is 0 Å². The van der Waals surface area contributed by atoms with Gasteiger partial charge in [-0.2, -0.15) is 5.26 Å². The van der Waals surface area contributed by atoms with Crippen molar-refractivity contribution in [2.45, 2.75) is 0 Å². The minimum atomic E-state index is -1.30. The van der Waals surface area contributed by atoms with E-state index in [-0.39, 0.29) is 11.4 Å². The number of hydrogen-bond donors (Lipinski definition) is 2. The number of halogens is 2. The Morgan fingerprint density at radius 1 is 1.19 bits per heavy atom. The molecule has 0 saturated heterocycles. The van der Waals surface area contributed by atoms with Crippen molar-refractivity contribution in [3.05, 3.63) is 71.2 Å². The summed E-state index contributed by atoms with van der Waals surface area (Å²) < 4.78 is 31.8. The van der Waals surface area contributed by atoms with Gasteiger partial charge in [0.15, 0.2) is 11.6 Å². The Morgan fingerprint density at radius 2 is 1.88 bits per heavy atom. The standard InChI is InChI=1S/C18H11F2N3O3/c19-11-4-3-5-12(20)16(11)18(25)26-9-15(24)10(8-21)17-22-13-6-1-2-7-14(13)23-17/h1-7,24H,9H2,(H,22,23)/b15-10-. The number of esters is 1. The number of H-pyrrole nitrogens is 1. The zero-order valence-corrected chi connectivity index (χ0v) is 13.2. The molecule has 2 N–H and O–H groups in total. The summed E-state index contributed by atoms with van der Waals surface area (Å²) in [7, 11) is 0. The van der Waals surface area contributed by atoms with Crippen LogP contribution in [-0.4, -0.2) is 27.7 Å². The van der Waals surface area contributed by atoms with E-state index in [4.69, 9.17) is 4.74 Å². The van der Waals surface area contributed by atoms with Crippen molar-refractivity contribution in [2.75, 3.05) is 6.61 Å². The monoisotopic (exact) mass is 355 g/mol. The van der Waals surface area contributed by atoms with E-state index in [9.17, 15) is 23.9 Å². The number of ether oxygens (including phenoxy) is 1.